The molecule has 0 bridgehead atoms. The third-order valence-electron chi connectivity index (χ3n) is 2.61. The summed E-state index contributed by atoms with van der Waals surface area (Å²) in [7, 11) is 3.59. The molecule has 0 unspecified atom stereocenters. The maximum Gasteiger partial charge on any atom is 0.163 e. The van der Waals surface area contributed by atoms with Crippen molar-refractivity contribution in [2.45, 2.75) is 13.3 Å². The molecule has 1 N–H and O–H groups in total. The number of nitrogens with one attached hydrogen (secondary N) is 1. The highest BCUT2D eigenvalue weighted by Crippen LogP contribution is 2.21. The zero-order valence-corrected chi connectivity index (χ0v) is 10.4. The number of methoxy groups -OCH3 is 1. The molecule has 0 aliphatic heterocycles. The molecule has 0 aliphatic carbocycles. The van der Waals surface area contributed by atoms with Gasteiger partial charge in [-0.25, -0.2) is 9.97 Å². The summed E-state index contributed by atoms with van der Waals surface area (Å²) >= 11 is 0. The van der Waals surface area contributed by atoms with Crippen LogP contribution in [0.5, 0.6) is 0 Å². The van der Waals surface area contributed by atoms with Gasteiger partial charge in [0.05, 0.1) is 11.1 Å². The Bertz CT molecular complexity index is 508. The zero-order valence-electron chi connectivity index (χ0n) is 10.4. The third kappa shape index (κ3) is 2.36. The Morgan fingerprint density at radius 1 is 1.41 bits per heavy atom. The van der Waals surface area contributed by atoms with Crippen LogP contribution in [0, 0.1) is 6.92 Å². The van der Waals surface area contributed by atoms with Crippen molar-refractivity contribution in [3.63, 3.8) is 0 Å². The van der Waals surface area contributed by atoms with Crippen LogP contribution >= 0.6 is 0 Å². The van der Waals surface area contributed by atoms with Crippen LogP contribution in [0.4, 0.5) is 5.82 Å². The predicted molar refractivity (Wildman–Crippen MR) is 66.0 cm³/mol. The molecule has 2 aromatic heterocycles. The molecule has 0 saturated heterocycles. The number of hydrogen-bond donors (Lipinski definition) is 1. The first kappa shape index (κ1) is 11.8. The fraction of sp³-hybridized carbons (Fsp3) is 0.545. The molecule has 2 heterocycles. The van der Waals surface area contributed by atoms with Crippen LogP contribution in [0.25, 0.3) is 11.0 Å². The van der Waals surface area contributed by atoms with E-state index in [1.807, 2.05) is 14.0 Å². The fourth-order valence-electron chi connectivity index (χ4n) is 1.83. The molecule has 0 aromatic carbocycles. The lowest BCUT2D eigenvalue weighted by molar-refractivity contribution is 0.198. The van der Waals surface area contributed by atoms with Crippen molar-refractivity contribution in [3.8, 4) is 0 Å². The number of anilines is 1. The van der Waals surface area contributed by atoms with Gasteiger partial charge in [-0.15, -0.1) is 0 Å². The second kappa shape index (κ2) is 5.09. The van der Waals surface area contributed by atoms with Crippen molar-refractivity contribution < 1.29 is 4.74 Å². The van der Waals surface area contributed by atoms with Gasteiger partial charge in [0.15, 0.2) is 5.65 Å². The molecule has 6 nitrogen and oxygen atoms in total. The number of aromatic nitrogens is 4. The van der Waals surface area contributed by atoms with E-state index >= 15 is 0 Å². The van der Waals surface area contributed by atoms with Crippen LogP contribution in [-0.2, 0) is 11.8 Å². The van der Waals surface area contributed by atoms with E-state index < -0.39 is 0 Å². The van der Waals surface area contributed by atoms with Crippen LogP contribution in [-0.4, -0.2) is 40.0 Å². The normalized spacial score (nSPS) is 11.0. The van der Waals surface area contributed by atoms with Crippen molar-refractivity contribution in [2.24, 2.45) is 7.05 Å². The Balaban J connectivity index is 2.22. The molecule has 2 aromatic rings. The average Bonchev–Trinajstić information content (AvgIpc) is 2.62. The second-order valence-electron chi connectivity index (χ2n) is 3.90. The van der Waals surface area contributed by atoms with E-state index in [2.05, 4.69) is 20.4 Å². The van der Waals surface area contributed by atoms with E-state index in [4.69, 9.17) is 4.74 Å². The van der Waals surface area contributed by atoms with Gasteiger partial charge in [-0.1, -0.05) is 0 Å². The van der Waals surface area contributed by atoms with Gasteiger partial charge in [-0.05, 0) is 13.3 Å². The quantitative estimate of drug-likeness (QED) is 0.787. The molecule has 0 saturated carbocycles. The lowest BCUT2D eigenvalue weighted by Crippen LogP contribution is -2.06. The summed E-state index contributed by atoms with van der Waals surface area (Å²) in [6, 6.07) is 0. The minimum absolute atomic E-state index is 0.743. The number of fused-ring (bicyclic) bond motifs is 1. The summed E-state index contributed by atoms with van der Waals surface area (Å²) in [5, 5.41) is 8.63. The molecule has 0 spiro atoms. The lowest BCUT2D eigenvalue weighted by atomic mass is 10.3. The molecular formula is C11H17N5O. The minimum atomic E-state index is 0.743. The molecular weight excluding hydrogens is 218 g/mol. The van der Waals surface area contributed by atoms with Crippen molar-refractivity contribution in [2.75, 3.05) is 25.6 Å². The van der Waals surface area contributed by atoms with Gasteiger partial charge in [0.2, 0.25) is 0 Å². The summed E-state index contributed by atoms with van der Waals surface area (Å²) in [5.41, 5.74) is 1.80. The molecule has 0 fully saturated rings. The van der Waals surface area contributed by atoms with E-state index in [0.717, 1.165) is 42.1 Å². The van der Waals surface area contributed by atoms with Crippen molar-refractivity contribution >= 4 is 16.9 Å². The number of ether oxygens (including phenoxy) is 1. The third-order valence-corrected chi connectivity index (χ3v) is 2.61. The van der Waals surface area contributed by atoms with Crippen LogP contribution in [0.2, 0.25) is 0 Å². The van der Waals surface area contributed by atoms with E-state index in [-0.39, 0.29) is 0 Å². The topological polar surface area (TPSA) is 64.9 Å². The van der Waals surface area contributed by atoms with Crippen LogP contribution in [0.15, 0.2) is 6.33 Å². The summed E-state index contributed by atoms with van der Waals surface area (Å²) in [6.07, 6.45) is 2.50. The first-order chi connectivity index (χ1) is 8.24. The van der Waals surface area contributed by atoms with Crippen molar-refractivity contribution in [1.82, 2.24) is 19.7 Å². The van der Waals surface area contributed by atoms with Crippen molar-refractivity contribution in [3.05, 3.63) is 12.0 Å². The van der Waals surface area contributed by atoms with Gasteiger partial charge in [0, 0.05) is 27.3 Å². The lowest BCUT2D eigenvalue weighted by Gasteiger charge is -2.06. The molecule has 17 heavy (non-hydrogen) atoms. The van der Waals surface area contributed by atoms with E-state index in [1.165, 1.54) is 0 Å². The first-order valence-electron chi connectivity index (χ1n) is 5.61. The van der Waals surface area contributed by atoms with E-state index in [1.54, 1.807) is 18.1 Å². The molecule has 92 valence electrons. The summed E-state index contributed by atoms with van der Waals surface area (Å²) in [6.45, 7) is 3.54. The van der Waals surface area contributed by atoms with Crippen molar-refractivity contribution in [1.29, 1.82) is 0 Å². The highest BCUT2D eigenvalue weighted by atomic mass is 16.5. The summed E-state index contributed by atoms with van der Waals surface area (Å²) in [5.74, 6) is 0.844. The molecule has 0 atom stereocenters. The average molecular weight is 235 g/mol. The van der Waals surface area contributed by atoms with Crippen LogP contribution in [0.1, 0.15) is 12.1 Å². The van der Waals surface area contributed by atoms with Gasteiger partial charge in [-0.2, -0.15) is 5.10 Å². The molecule has 6 heteroatoms. The number of nitrogens with zero attached hydrogens (tertiary/aromatic N) is 4. The van der Waals surface area contributed by atoms with Crippen LogP contribution < -0.4 is 5.32 Å². The molecule has 0 aliphatic rings. The molecule has 2 rings (SSSR count). The first-order valence-corrected chi connectivity index (χ1v) is 5.61. The van der Waals surface area contributed by atoms with Gasteiger partial charge >= 0.3 is 0 Å². The zero-order chi connectivity index (χ0) is 12.3. The Hall–Kier alpha value is -1.69. The second-order valence-corrected chi connectivity index (χ2v) is 3.90. The largest absolute Gasteiger partial charge is 0.385 e. The van der Waals surface area contributed by atoms with Gasteiger partial charge < -0.3 is 10.1 Å². The maximum atomic E-state index is 5.01. The SMILES string of the molecule is COCCCNc1ncnc2c1c(C)nn2C. The van der Waals surface area contributed by atoms with E-state index in [9.17, 15) is 0 Å². The smallest absolute Gasteiger partial charge is 0.163 e. The van der Waals surface area contributed by atoms with E-state index in [0.29, 0.717) is 0 Å². The Morgan fingerprint density at radius 3 is 3.00 bits per heavy atom. The molecule has 0 radical (unpaired) electrons. The predicted octanol–water partition coefficient (Wildman–Crippen LogP) is 1.12. The standard InChI is InChI=1S/C11H17N5O/c1-8-9-10(12-5-4-6-17-3)13-7-14-11(9)16(2)15-8/h7H,4-6H2,1-3H3,(H,12,13,14). The Labute approximate surface area is 100 Å². The Morgan fingerprint density at radius 2 is 2.24 bits per heavy atom. The maximum absolute atomic E-state index is 5.01. The van der Waals surface area contributed by atoms with Gasteiger partial charge in [-0.3, -0.25) is 4.68 Å². The summed E-state index contributed by atoms with van der Waals surface area (Å²) in [4.78, 5) is 8.49. The highest BCUT2D eigenvalue weighted by Gasteiger charge is 2.11. The number of aryl methyl sites for hydroxylation is 2. The van der Waals surface area contributed by atoms with Crippen LogP contribution in [0.3, 0.4) is 0 Å². The minimum Gasteiger partial charge on any atom is -0.385 e. The van der Waals surface area contributed by atoms with Gasteiger partial charge in [0.25, 0.3) is 0 Å². The number of hydrogen-bond acceptors (Lipinski definition) is 5. The summed E-state index contributed by atoms with van der Waals surface area (Å²) < 4.78 is 6.78. The fourth-order valence-corrected chi connectivity index (χ4v) is 1.83. The highest BCUT2D eigenvalue weighted by molar-refractivity contribution is 5.88. The molecule has 0 amide bonds. The number of rotatable bonds is 5. The van der Waals surface area contributed by atoms with Gasteiger partial charge in [0.1, 0.15) is 12.1 Å². The monoisotopic (exact) mass is 235 g/mol. The Kier molecular flexibility index (Phi) is 3.53.